The number of amides is 2. The molecule has 5 heteroatoms. The number of nitrogens with one attached hydrogen (secondary N) is 1. The summed E-state index contributed by atoms with van der Waals surface area (Å²) in [6.07, 6.45) is 2.72. The largest absolute Gasteiger partial charge is 0.355 e. The highest BCUT2D eigenvalue weighted by atomic mass is 35.5. The van der Waals surface area contributed by atoms with Crippen LogP contribution in [-0.2, 0) is 16.0 Å². The van der Waals surface area contributed by atoms with Crippen LogP contribution in [-0.4, -0.2) is 36.3 Å². The third-order valence-corrected chi connectivity index (χ3v) is 4.31. The number of hydrogen-bond donors (Lipinski definition) is 1. The molecule has 1 fully saturated rings. The second kappa shape index (κ2) is 8.18. The van der Waals surface area contributed by atoms with E-state index in [-0.39, 0.29) is 18.2 Å². The zero-order chi connectivity index (χ0) is 15.9. The molecule has 22 heavy (non-hydrogen) atoms. The van der Waals surface area contributed by atoms with E-state index in [0.29, 0.717) is 23.9 Å². The standard InChI is InChI=1S/C17H23ClN2O2/c1-13-6-9-20(10-7-13)17(22)12-16(21)19-8-5-14-3-2-4-15(18)11-14/h2-4,11,13H,5-10,12H2,1H3,(H,19,21). The highest BCUT2D eigenvalue weighted by Gasteiger charge is 2.21. The predicted octanol–water partition coefficient (Wildman–Crippen LogP) is 2.65. The molecule has 1 aromatic carbocycles. The highest BCUT2D eigenvalue weighted by molar-refractivity contribution is 6.30. The van der Waals surface area contributed by atoms with E-state index in [1.165, 1.54) is 0 Å². The Morgan fingerprint density at radius 2 is 2.05 bits per heavy atom. The van der Waals surface area contributed by atoms with Crippen molar-refractivity contribution in [1.82, 2.24) is 10.2 Å². The minimum absolute atomic E-state index is 0.0517. The molecule has 0 atom stereocenters. The van der Waals surface area contributed by atoms with Gasteiger partial charge < -0.3 is 10.2 Å². The number of carbonyl (C=O) groups is 2. The third-order valence-electron chi connectivity index (χ3n) is 4.07. The number of piperidine rings is 1. The van der Waals surface area contributed by atoms with Gasteiger partial charge in [-0.25, -0.2) is 0 Å². The first kappa shape index (κ1) is 16.8. The fourth-order valence-electron chi connectivity index (χ4n) is 2.61. The van der Waals surface area contributed by atoms with Crippen molar-refractivity contribution >= 4 is 23.4 Å². The van der Waals surface area contributed by atoms with Gasteiger partial charge in [0.1, 0.15) is 6.42 Å². The molecule has 0 radical (unpaired) electrons. The molecule has 1 aromatic rings. The van der Waals surface area contributed by atoms with Crippen molar-refractivity contribution < 1.29 is 9.59 Å². The number of hydrogen-bond acceptors (Lipinski definition) is 2. The van der Waals surface area contributed by atoms with Crippen LogP contribution in [0.1, 0.15) is 31.7 Å². The Labute approximate surface area is 136 Å². The van der Waals surface area contributed by atoms with Gasteiger partial charge in [0.2, 0.25) is 11.8 Å². The van der Waals surface area contributed by atoms with Crippen molar-refractivity contribution in [3.05, 3.63) is 34.9 Å². The molecule has 0 unspecified atom stereocenters. The topological polar surface area (TPSA) is 49.4 Å². The molecule has 1 aliphatic rings. The van der Waals surface area contributed by atoms with Crippen LogP contribution in [0.2, 0.25) is 5.02 Å². The fraction of sp³-hybridized carbons (Fsp3) is 0.529. The summed E-state index contributed by atoms with van der Waals surface area (Å²) in [4.78, 5) is 25.7. The minimum atomic E-state index is -0.203. The van der Waals surface area contributed by atoms with Crippen LogP contribution >= 0.6 is 11.6 Å². The first-order valence-electron chi connectivity index (χ1n) is 7.83. The summed E-state index contributed by atoms with van der Waals surface area (Å²) in [6.45, 7) is 4.26. The molecule has 1 N–H and O–H groups in total. The van der Waals surface area contributed by atoms with E-state index in [9.17, 15) is 9.59 Å². The summed E-state index contributed by atoms with van der Waals surface area (Å²) >= 11 is 5.91. The van der Waals surface area contributed by atoms with Crippen molar-refractivity contribution in [2.24, 2.45) is 5.92 Å². The summed E-state index contributed by atoms with van der Waals surface area (Å²) in [5, 5.41) is 3.49. The molecule has 1 saturated heterocycles. The van der Waals surface area contributed by atoms with Gasteiger partial charge in [0.25, 0.3) is 0 Å². The van der Waals surface area contributed by atoms with E-state index >= 15 is 0 Å². The lowest BCUT2D eigenvalue weighted by Crippen LogP contribution is -2.40. The maximum Gasteiger partial charge on any atom is 0.232 e. The van der Waals surface area contributed by atoms with Crippen LogP contribution in [0, 0.1) is 5.92 Å². The summed E-state index contributed by atoms with van der Waals surface area (Å²) in [5.74, 6) is 0.411. The molecule has 0 bridgehead atoms. The van der Waals surface area contributed by atoms with Crippen molar-refractivity contribution in [3.63, 3.8) is 0 Å². The van der Waals surface area contributed by atoms with E-state index in [0.717, 1.165) is 31.5 Å². The molecule has 4 nitrogen and oxygen atoms in total. The second-order valence-electron chi connectivity index (χ2n) is 5.97. The maximum atomic E-state index is 12.0. The lowest BCUT2D eigenvalue weighted by molar-refractivity contribution is -0.137. The van der Waals surface area contributed by atoms with E-state index in [4.69, 9.17) is 11.6 Å². The van der Waals surface area contributed by atoms with Gasteiger partial charge in [-0.3, -0.25) is 9.59 Å². The average Bonchev–Trinajstić information content (AvgIpc) is 2.48. The third kappa shape index (κ3) is 5.34. The van der Waals surface area contributed by atoms with Crippen LogP contribution in [0.5, 0.6) is 0 Å². The SMILES string of the molecule is CC1CCN(C(=O)CC(=O)NCCc2cccc(Cl)c2)CC1. The van der Waals surface area contributed by atoms with Gasteiger partial charge in [0.05, 0.1) is 0 Å². The molecule has 0 spiro atoms. The Balaban J connectivity index is 1.68. The van der Waals surface area contributed by atoms with Crippen molar-refractivity contribution in [1.29, 1.82) is 0 Å². The minimum Gasteiger partial charge on any atom is -0.355 e. The molecule has 1 heterocycles. The van der Waals surface area contributed by atoms with Crippen LogP contribution in [0.4, 0.5) is 0 Å². The molecule has 0 aromatic heterocycles. The van der Waals surface area contributed by atoms with Gasteiger partial charge in [-0.05, 0) is 42.9 Å². The molecular weight excluding hydrogens is 300 g/mol. The normalized spacial score (nSPS) is 15.6. The predicted molar refractivity (Wildman–Crippen MR) is 87.8 cm³/mol. The van der Waals surface area contributed by atoms with Crippen LogP contribution in [0.3, 0.4) is 0 Å². The number of rotatable bonds is 5. The Morgan fingerprint density at radius 3 is 2.73 bits per heavy atom. The number of nitrogens with zero attached hydrogens (tertiary/aromatic N) is 1. The zero-order valence-electron chi connectivity index (χ0n) is 13.0. The number of halogens is 1. The van der Waals surface area contributed by atoms with Crippen molar-refractivity contribution in [2.75, 3.05) is 19.6 Å². The highest BCUT2D eigenvalue weighted by Crippen LogP contribution is 2.16. The number of carbonyl (C=O) groups excluding carboxylic acids is 2. The van der Waals surface area contributed by atoms with Crippen LogP contribution < -0.4 is 5.32 Å². The van der Waals surface area contributed by atoms with Crippen molar-refractivity contribution in [3.8, 4) is 0 Å². The quantitative estimate of drug-likeness (QED) is 0.847. The average molecular weight is 323 g/mol. The van der Waals surface area contributed by atoms with Gasteiger partial charge in [-0.15, -0.1) is 0 Å². The first-order chi connectivity index (χ1) is 10.5. The lowest BCUT2D eigenvalue weighted by Gasteiger charge is -2.30. The van der Waals surface area contributed by atoms with Gasteiger partial charge in [-0.1, -0.05) is 30.7 Å². The van der Waals surface area contributed by atoms with E-state index in [1.54, 1.807) is 4.90 Å². The van der Waals surface area contributed by atoms with Gasteiger partial charge in [0, 0.05) is 24.7 Å². The number of benzene rings is 1. The van der Waals surface area contributed by atoms with Crippen LogP contribution in [0.15, 0.2) is 24.3 Å². The summed E-state index contributed by atoms with van der Waals surface area (Å²) in [5.41, 5.74) is 1.07. The molecule has 2 rings (SSSR count). The molecule has 0 saturated carbocycles. The van der Waals surface area contributed by atoms with Gasteiger partial charge in [-0.2, -0.15) is 0 Å². The Hall–Kier alpha value is -1.55. The van der Waals surface area contributed by atoms with E-state index in [1.807, 2.05) is 24.3 Å². The van der Waals surface area contributed by atoms with E-state index in [2.05, 4.69) is 12.2 Å². The van der Waals surface area contributed by atoms with E-state index < -0.39 is 0 Å². The monoisotopic (exact) mass is 322 g/mol. The molecular formula is C17H23ClN2O2. The van der Waals surface area contributed by atoms with Crippen LogP contribution in [0.25, 0.3) is 0 Å². The zero-order valence-corrected chi connectivity index (χ0v) is 13.7. The molecule has 120 valence electrons. The second-order valence-corrected chi connectivity index (χ2v) is 6.41. The van der Waals surface area contributed by atoms with Gasteiger partial charge >= 0.3 is 0 Å². The summed E-state index contributed by atoms with van der Waals surface area (Å²) < 4.78 is 0. The molecule has 2 amide bonds. The Kier molecular flexibility index (Phi) is 6.25. The fourth-order valence-corrected chi connectivity index (χ4v) is 2.82. The van der Waals surface area contributed by atoms with Gasteiger partial charge in [0.15, 0.2) is 0 Å². The van der Waals surface area contributed by atoms with Crippen molar-refractivity contribution in [2.45, 2.75) is 32.6 Å². The summed E-state index contributed by atoms with van der Waals surface area (Å²) in [7, 11) is 0. The molecule has 1 aliphatic heterocycles. The lowest BCUT2D eigenvalue weighted by atomic mass is 9.99. The summed E-state index contributed by atoms with van der Waals surface area (Å²) in [6, 6.07) is 7.56. The number of likely N-dealkylation sites (tertiary alicyclic amines) is 1. The maximum absolute atomic E-state index is 12.0. The smallest absolute Gasteiger partial charge is 0.232 e. The molecule has 0 aliphatic carbocycles. The Morgan fingerprint density at radius 1 is 1.32 bits per heavy atom. The first-order valence-corrected chi connectivity index (χ1v) is 8.21. The Bertz CT molecular complexity index is 525.